The molecule has 3 heterocycles. The molecule has 0 spiro atoms. The van der Waals surface area contributed by atoms with E-state index in [0.717, 1.165) is 23.9 Å². The van der Waals surface area contributed by atoms with Crippen LogP contribution in [0.25, 0.3) is 0 Å². The lowest BCUT2D eigenvalue weighted by molar-refractivity contribution is -0.157. The van der Waals surface area contributed by atoms with Crippen LogP contribution in [0.15, 0.2) is 34.9 Å². The van der Waals surface area contributed by atoms with Crippen molar-refractivity contribution in [3.63, 3.8) is 0 Å². The van der Waals surface area contributed by atoms with Crippen molar-refractivity contribution < 1.29 is 32.3 Å². The Bertz CT molecular complexity index is 875. The number of carbonyl (C=O) groups is 2. The molecule has 1 aliphatic carbocycles. The molecule has 4 rings (SSSR count). The highest BCUT2D eigenvalue weighted by atomic mass is 19.4. The number of nitrogens with zero attached hydrogens (tertiary/aromatic N) is 2. The van der Waals surface area contributed by atoms with E-state index in [4.69, 9.17) is 5.73 Å². The number of amides is 1. The predicted molar refractivity (Wildman–Crippen MR) is 98.2 cm³/mol. The van der Waals surface area contributed by atoms with Gasteiger partial charge in [-0.3, -0.25) is 4.79 Å². The minimum atomic E-state index is -4.52. The van der Waals surface area contributed by atoms with Crippen LogP contribution in [0.2, 0.25) is 0 Å². The molecular formula is C20H23F4N3O3. The second kappa shape index (κ2) is 7.11. The topological polar surface area (TPSA) is 86.9 Å². The van der Waals surface area contributed by atoms with Gasteiger partial charge < -0.3 is 20.6 Å². The quantitative estimate of drug-likeness (QED) is 0.530. The van der Waals surface area contributed by atoms with E-state index >= 15 is 4.39 Å². The molecule has 0 aromatic carbocycles. The van der Waals surface area contributed by atoms with Gasteiger partial charge in [0.05, 0.1) is 11.7 Å². The molecule has 1 saturated heterocycles. The molecule has 10 heteroatoms. The molecule has 1 amide bonds. The number of likely N-dealkylation sites (tertiary alicyclic amines) is 1. The molecule has 2 fully saturated rings. The number of fused-ring (bicyclic) bond motifs is 1. The Balaban J connectivity index is 1.67. The molecular weight excluding hydrogens is 406 g/mol. The van der Waals surface area contributed by atoms with E-state index in [9.17, 15) is 27.9 Å². The summed E-state index contributed by atoms with van der Waals surface area (Å²) in [4.78, 5) is 26.8. The molecule has 1 saturated carbocycles. The smallest absolute Gasteiger partial charge is 0.403 e. The van der Waals surface area contributed by atoms with E-state index in [1.807, 2.05) is 0 Å². The molecule has 0 bridgehead atoms. The number of carbonyl (C=O) groups excluding carboxylic acids is 1. The van der Waals surface area contributed by atoms with Crippen molar-refractivity contribution in [1.29, 1.82) is 0 Å². The predicted octanol–water partition coefficient (Wildman–Crippen LogP) is 2.54. The third-order valence-corrected chi connectivity index (χ3v) is 6.61. The summed E-state index contributed by atoms with van der Waals surface area (Å²) >= 11 is 0. The Morgan fingerprint density at radius 3 is 2.53 bits per heavy atom. The lowest BCUT2D eigenvalue weighted by Gasteiger charge is -2.43. The van der Waals surface area contributed by atoms with Crippen molar-refractivity contribution >= 4 is 11.9 Å². The van der Waals surface area contributed by atoms with Gasteiger partial charge in [-0.15, -0.1) is 0 Å². The van der Waals surface area contributed by atoms with E-state index in [0.29, 0.717) is 5.57 Å². The van der Waals surface area contributed by atoms with E-state index in [1.54, 1.807) is 11.8 Å². The molecule has 3 aliphatic heterocycles. The maximum Gasteiger partial charge on any atom is 0.403 e. The van der Waals surface area contributed by atoms with Crippen LogP contribution in [0.1, 0.15) is 26.2 Å². The van der Waals surface area contributed by atoms with E-state index in [2.05, 4.69) is 0 Å². The minimum absolute atomic E-state index is 0.0282. The molecule has 6 nitrogen and oxygen atoms in total. The van der Waals surface area contributed by atoms with Crippen LogP contribution in [0.5, 0.6) is 0 Å². The van der Waals surface area contributed by atoms with Crippen molar-refractivity contribution in [2.24, 2.45) is 23.5 Å². The zero-order chi connectivity index (χ0) is 22.0. The van der Waals surface area contributed by atoms with Gasteiger partial charge >= 0.3 is 12.1 Å². The number of hydrogen-bond acceptors (Lipinski definition) is 4. The summed E-state index contributed by atoms with van der Waals surface area (Å²) in [5.74, 6) is -3.81. The Hall–Kier alpha value is -2.36. The van der Waals surface area contributed by atoms with Gasteiger partial charge in [0.1, 0.15) is 11.6 Å². The van der Waals surface area contributed by atoms with Crippen molar-refractivity contribution in [1.82, 2.24) is 9.80 Å². The van der Waals surface area contributed by atoms with Gasteiger partial charge in [-0.05, 0) is 37.7 Å². The maximum absolute atomic E-state index is 15.1. The highest BCUT2D eigenvalue weighted by Crippen LogP contribution is 2.48. The van der Waals surface area contributed by atoms with Crippen LogP contribution < -0.4 is 5.73 Å². The van der Waals surface area contributed by atoms with Gasteiger partial charge in [0.15, 0.2) is 5.83 Å². The fourth-order valence-corrected chi connectivity index (χ4v) is 4.94. The molecule has 3 N–H and O–H groups in total. The molecule has 0 aromatic rings. The second-order valence-corrected chi connectivity index (χ2v) is 8.53. The Morgan fingerprint density at radius 2 is 1.97 bits per heavy atom. The summed E-state index contributed by atoms with van der Waals surface area (Å²) in [6.45, 7) is 1.87. The fraction of sp³-hybridized carbons (Fsp3) is 0.600. The van der Waals surface area contributed by atoms with Crippen LogP contribution in [0, 0.1) is 17.8 Å². The minimum Gasteiger partial charge on any atom is -0.478 e. The van der Waals surface area contributed by atoms with Crippen LogP contribution >= 0.6 is 0 Å². The summed E-state index contributed by atoms with van der Waals surface area (Å²) in [5.41, 5.74) is 5.71. The Kier molecular flexibility index (Phi) is 4.95. The number of rotatable bonds is 4. The lowest BCUT2D eigenvalue weighted by atomic mass is 9.81. The number of carboxylic acid groups (broad SMARTS) is 1. The molecule has 4 atom stereocenters. The van der Waals surface area contributed by atoms with E-state index in [1.165, 1.54) is 6.08 Å². The summed E-state index contributed by atoms with van der Waals surface area (Å²) in [5, 5.41) is 9.37. The average molecular weight is 429 g/mol. The molecule has 2 unspecified atom stereocenters. The number of nitrogens with two attached hydrogens (primary N) is 1. The molecule has 0 radical (unpaired) electrons. The highest BCUT2D eigenvalue weighted by Gasteiger charge is 2.49. The van der Waals surface area contributed by atoms with Gasteiger partial charge in [-0.2, -0.15) is 13.2 Å². The van der Waals surface area contributed by atoms with Crippen LogP contribution in [-0.2, 0) is 9.59 Å². The Morgan fingerprint density at radius 1 is 1.30 bits per heavy atom. The van der Waals surface area contributed by atoms with Gasteiger partial charge in [0, 0.05) is 31.1 Å². The first-order chi connectivity index (χ1) is 14.0. The maximum atomic E-state index is 15.1. The molecule has 0 aromatic heterocycles. The zero-order valence-electron chi connectivity index (χ0n) is 16.3. The first-order valence-corrected chi connectivity index (χ1v) is 9.94. The largest absolute Gasteiger partial charge is 0.478 e. The SMILES string of the molecule is CC1=C(N2CC[C@H]([C@H](N)C(F)(F)F)C2)C(F)=CN2C(=O)C(C(=O)O)=CC(C3CC3)C12. The van der Waals surface area contributed by atoms with E-state index < -0.39 is 41.9 Å². The van der Waals surface area contributed by atoms with Gasteiger partial charge in [0.2, 0.25) is 0 Å². The number of hydrogen-bond donors (Lipinski definition) is 2. The van der Waals surface area contributed by atoms with Crippen LogP contribution in [-0.4, -0.2) is 58.1 Å². The van der Waals surface area contributed by atoms with Gasteiger partial charge in [0.25, 0.3) is 5.91 Å². The molecule has 164 valence electrons. The summed E-state index contributed by atoms with van der Waals surface area (Å²) in [7, 11) is 0. The van der Waals surface area contributed by atoms with Gasteiger partial charge in [-0.25, -0.2) is 9.18 Å². The normalized spacial score (nSPS) is 30.9. The van der Waals surface area contributed by atoms with Crippen molar-refractivity contribution in [2.75, 3.05) is 13.1 Å². The van der Waals surface area contributed by atoms with Gasteiger partial charge in [-0.1, -0.05) is 6.08 Å². The number of allylic oxidation sites excluding steroid dienone is 1. The first-order valence-electron chi connectivity index (χ1n) is 9.94. The Labute approximate surface area is 170 Å². The average Bonchev–Trinajstić information content (AvgIpc) is 3.38. The first kappa shape index (κ1) is 20.9. The number of aliphatic carboxylic acids is 1. The summed E-state index contributed by atoms with van der Waals surface area (Å²) in [6.07, 6.45) is -0.104. The number of halogens is 4. The monoisotopic (exact) mass is 429 g/mol. The zero-order valence-corrected chi connectivity index (χ0v) is 16.3. The van der Waals surface area contributed by atoms with Crippen LogP contribution in [0.3, 0.4) is 0 Å². The fourth-order valence-electron chi connectivity index (χ4n) is 4.94. The third-order valence-electron chi connectivity index (χ3n) is 6.61. The second-order valence-electron chi connectivity index (χ2n) is 8.53. The lowest BCUT2D eigenvalue weighted by Crippen LogP contribution is -2.50. The highest BCUT2D eigenvalue weighted by molar-refractivity contribution is 6.16. The number of alkyl halides is 3. The van der Waals surface area contributed by atoms with Crippen LogP contribution in [0.4, 0.5) is 17.6 Å². The third kappa shape index (κ3) is 3.40. The molecule has 4 aliphatic rings. The van der Waals surface area contributed by atoms with E-state index in [-0.39, 0.29) is 42.6 Å². The summed E-state index contributed by atoms with van der Waals surface area (Å²) < 4.78 is 54.1. The number of carboxylic acids is 1. The van der Waals surface area contributed by atoms with Crippen molar-refractivity contribution in [3.8, 4) is 0 Å². The van der Waals surface area contributed by atoms with Crippen molar-refractivity contribution in [2.45, 2.75) is 44.4 Å². The van der Waals surface area contributed by atoms with Crippen molar-refractivity contribution in [3.05, 3.63) is 34.9 Å². The summed E-state index contributed by atoms with van der Waals surface area (Å²) in [6, 6.07) is -2.52. The molecule has 30 heavy (non-hydrogen) atoms. The standard InChI is InChI=1S/C20H23F4N3O3/c1-9-15-12(10-2-3-10)6-13(19(29)30)18(28)27(15)8-14(21)16(9)26-5-4-11(7-26)17(25)20(22,23)24/h6,8,10-12,15,17H,2-5,7,25H2,1H3,(H,29,30)/t11-,12?,15?,17-/m0/s1.